The molecule has 0 saturated carbocycles. The fourth-order valence-corrected chi connectivity index (χ4v) is 3.74. The number of nitrogens with one attached hydrogen (secondary N) is 1. The van der Waals surface area contributed by atoms with Gasteiger partial charge in [0, 0.05) is 50.1 Å². The van der Waals surface area contributed by atoms with Gasteiger partial charge < -0.3 is 24.4 Å². The summed E-state index contributed by atoms with van der Waals surface area (Å²) in [5.41, 5.74) is 2.24. The fraction of sp³-hybridized carbons (Fsp3) is 0.714. The smallest absolute Gasteiger partial charge is 0.184 e. The zero-order chi connectivity index (χ0) is 19.9. The van der Waals surface area contributed by atoms with Gasteiger partial charge in [-0.1, -0.05) is 6.92 Å². The second-order valence-electron chi connectivity index (χ2n) is 7.57. The molecule has 156 valence electrons. The Morgan fingerprint density at radius 3 is 2.86 bits per heavy atom. The lowest BCUT2D eigenvalue weighted by atomic mass is 10.1. The van der Waals surface area contributed by atoms with Crippen LogP contribution in [0, 0.1) is 0 Å². The van der Waals surface area contributed by atoms with Crippen LogP contribution in [-0.2, 0) is 20.6 Å². The highest BCUT2D eigenvalue weighted by atomic mass is 16.5. The number of aryl methyl sites for hydroxylation is 1. The number of nitrogens with zero attached hydrogens (tertiary/aromatic N) is 3. The molecular weight excluding hydrogens is 356 g/mol. The predicted octanol–water partition coefficient (Wildman–Crippen LogP) is 2.89. The summed E-state index contributed by atoms with van der Waals surface area (Å²) in [5.74, 6) is 1.75. The van der Waals surface area contributed by atoms with Crippen molar-refractivity contribution < 1.29 is 14.2 Å². The highest BCUT2D eigenvalue weighted by Gasteiger charge is 2.25. The van der Waals surface area contributed by atoms with Crippen molar-refractivity contribution >= 4 is 17.4 Å². The van der Waals surface area contributed by atoms with Crippen LogP contribution < -0.4 is 10.2 Å². The monoisotopic (exact) mass is 390 g/mol. The molecule has 0 radical (unpaired) electrons. The van der Waals surface area contributed by atoms with Crippen molar-refractivity contribution in [1.29, 1.82) is 0 Å². The van der Waals surface area contributed by atoms with Crippen molar-refractivity contribution in [1.82, 2.24) is 4.98 Å². The summed E-state index contributed by atoms with van der Waals surface area (Å²) in [5, 5.41) is 3.38. The quantitative estimate of drug-likeness (QED) is 0.654. The Hall–Kier alpha value is -1.86. The van der Waals surface area contributed by atoms with Gasteiger partial charge in [0.15, 0.2) is 5.90 Å². The highest BCUT2D eigenvalue weighted by molar-refractivity contribution is 5.78. The molecule has 7 nitrogen and oxygen atoms in total. The maximum atomic E-state index is 5.98. The van der Waals surface area contributed by atoms with Crippen LogP contribution in [0.25, 0.3) is 0 Å². The molecule has 7 heteroatoms. The first-order chi connectivity index (χ1) is 13.6. The third-order valence-corrected chi connectivity index (χ3v) is 5.35. The van der Waals surface area contributed by atoms with Gasteiger partial charge in [-0.25, -0.2) is 9.98 Å². The van der Waals surface area contributed by atoms with Crippen LogP contribution >= 0.6 is 0 Å². The predicted molar refractivity (Wildman–Crippen MR) is 113 cm³/mol. The number of aliphatic imine (C=N–C) groups is 1. The van der Waals surface area contributed by atoms with Crippen LogP contribution in [0.2, 0.25) is 0 Å². The first-order valence-corrected chi connectivity index (χ1v) is 10.4. The van der Waals surface area contributed by atoms with Gasteiger partial charge in [0.2, 0.25) is 0 Å². The summed E-state index contributed by atoms with van der Waals surface area (Å²) in [4.78, 5) is 11.9. The summed E-state index contributed by atoms with van der Waals surface area (Å²) in [6.45, 7) is 10.3. The van der Waals surface area contributed by atoms with Gasteiger partial charge in [0.1, 0.15) is 11.9 Å². The summed E-state index contributed by atoms with van der Waals surface area (Å²) < 4.78 is 16.7. The van der Waals surface area contributed by atoms with Crippen molar-refractivity contribution in [3.63, 3.8) is 0 Å². The number of methoxy groups -OCH3 is 1. The Morgan fingerprint density at radius 2 is 2.14 bits per heavy atom. The first kappa shape index (κ1) is 20.9. The van der Waals surface area contributed by atoms with E-state index >= 15 is 0 Å². The van der Waals surface area contributed by atoms with E-state index in [0.29, 0.717) is 12.6 Å². The van der Waals surface area contributed by atoms with Crippen molar-refractivity contribution in [3.05, 3.63) is 17.8 Å². The molecule has 3 heterocycles. The molecule has 3 unspecified atom stereocenters. The van der Waals surface area contributed by atoms with Crippen molar-refractivity contribution in [2.45, 2.75) is 58.2 Å². The maximum absolute atomic E-state index is 5.98. The normalized spacial score (nSPS) is 24.8. The maximum Gasteiger partial charge on any atom is 0.184 e. The van der Waals surface area contributed by atoms with Gasteiger partial charge in [0.25, 0.3) is 0 Å². The Kier molecular flexibility index (Phi) is 7.50. The minimum atomic E-state index is 0.217. The fourth-order valence-electron chi connectivity index (χ4n) is 3.74. The van der Waals surface area contributed by atoms with Crippen LogP contribution in [0.1, 0.15) is 39.3 Å². The van der Waals surface area contributed by atoms with Gasteiger partial charge in [-0.15, -0.1) is 0 Å². The number of pyridine rings is 1. The van der Waals surface area contributed by atoms with Crippen LogP contribution in [0.5, 0.6) is 0 Å². The van der Waals surface area contributed by atoms with Crippen molar-refractivity contribution in [2.24, 2.45) is 4.99 Å². The number of morpholine rings is 1. The lowest BCUT2D eigenvalue weighted by Gasteiger charge is -2.35. The minimum Gasteiger partial charge on any atom is -0.475 e. The molecule has 1 fully saturated rings. The molecule has 0 bridgehead atoms. The lowest BCUT2D eigenvalue weighted by molar-refractivity contribution is 0.0989. The first-order valence-electron chi connectivity index (χ1n) is 10.4. The number of anilines is 2. The number of rotatable bonds is 9. The Labute approximate surface area is 168 Å². The molecule has 0 spiro atoms. The molecule has 2 aliphatic rings. The van der Waals surface area contributed by atoms with E-state index in [2.05, 4.69) is 48.1 Å². The average molecular weight is 391 g/mol. The van der Waals surface area contributed by atoms with Crippen LogP contribution in [-0.4, -0.2) is 69.1 Å². The summed E-state index contributed by atoms with van der Waals surface area (Å²) >= 11 is 0. The Morgan fingerprint density at radius 1 is 1.29 bits per heavy atom. The summed E-state index contributed by atoms with van der Waals surface area (Å²) in [6, 6.07) is 4.92. The van der Waals surface area contributed by atoms with E-state index in [4.69, 9.17) is 19.2 Å². The zero-order valence-corrected chi connectivity index (χ0v) is 17.6. The van der Waals surface area contributed by atoms with Crippen molar-refractivity contribution in [2.75, 3.05) is 50.2 Å². The molecule has 28 heavy (non-hydrogen) atoms. The van der Waals surface area contributed by atoms with Crippen LogP contribution in [0.3, 0.4) is 0 Å². The molecule has 1 aromatic heterocycles. The Balaban J connectivity index is 1.72. The zero-order valence-electron chi connectivity index (χ0n) is 17.6. The van der Waals surface area contributed by atoms with Gasteiger partial charge in [-0.05, 0) is 32.8 Å². The van der Waals surface area contributed by atoms with Gasteiger partial charge in [-0.2, -0.15) is 0 Å². The third-order valence-electron chi connectivity index (χ3n) is 5.35. The van der Waals surface area contributed by atoms with Crippen LogP contribution in [0.15, 0.2) is 17.1 Å². The summed E-state index contributed by atoms with van der Waals surface area (Å²) in [7, 11) is 1.71. The average Bonchev–Trinajstić information content (AvgIpc) is 3.06. The van der Waals surface area contributed by atoms with Gasteiger partial charge in [-0.3, -0.25) is 0 Å². The molecule has 1 saturated heterocycles. The number of hydrogen-bond acceptors (Lipinski definition) is 7. The van der Waals surface area contributed by atoms with E-state index in [1.54, 1.807) is 7.11 Å². The summed E-state index contributed by atoms with van der Waals surface area (Å²) in [6.07, 6.45) is 2.81. The standard InChI is InChI=1S/C21H34N4O3/c1-5-19-16(3)23-21(28-19)7-6-17-12-18(25-9-11-27-14-15(25)2)13-20(24-17)22-8-10-26-4/h12-13,15-16,19H,5-11,14H2,1-4H3,(H,22,24). The van der Waals surface area contributed by atoms with E-state index in [0.717, 1.165) is 63.0 Å². The largest absolute Gasteiger partial charge is 0.475 e. The minimum absolute atomic E-state index is 0.217. The number of hydrogen-bond donors (Lipinski definition) is 1. The molecule has 1 aromatic rings. The highest BCUT2D eigenvalue weighted by Crippen LogP contribution is 2.25. The Bertz CT molecular complexity index is 667. The number of aromatic nitrogens is 1. The van der Waals surface area contributed by atoms with E-state index < -0.39 is 0 Å². The van der Waals surface area contributed by atoms with Crippen LogP contribution in [0.4, 0.5) is 11.5 Å². The molecule has 0 aromatic carbocycles. The SMILES string of the molecule is CCC1OC(CCc2cc(N3CCOCC3C)cc(NCCOC)n2)=NC1C. The second-order valence-corrected chi connectivity index (χ2v) is 7.57. The molecule has 2 aliphatic heterocycles. The van der Waals surface area contributed by atoms with Crippen molar-refractivity contribution in [3.8, 4) is 0 Å². The molecular formula is C21H34N4O3. The van der Waals surface area contributed by atoms with E-state index in [1.807, 2.05) is 0 Å². The molecule has 3 atom stereocenters. The van der Waals surface area contributed by atoms with E-state index in [1.165, 1.54) is 5.69 Å². The third kappa shape index (κ3) is 5.35. The number of ether oxygens (including phenoxy) is 3. The van der Waals surface area contributed by atoms with E-state index in [9.17, 15) is 0 Å². The molecule has 1 N–H and O–H groups in total. The molecule has 3 rings (SSSR count). The van der Waals surface area contributed by atoms with Gasteiger partial charge >= 0.3 is 0 Å². The second kappa shape index (κ2) is 10.1. The molecule has 0 amide bonds. The van der Waals surface area contributed by atoms with E-state index in [-0.39, 0.29) is 12.1 Å². The topological polar surface area (TPSA) is 68.2 Å². The molecule has 0 aliphatic carbocycles. The lowest BCUT2D eigenvalue weighted by Crippen LogP contribution is -2.43. The van der Waals surface area contributed by atoms with Gasteiger partial charge in [0.05, 0.1) is 25.9 Å².